The molecule has 3 amide bonds. The summed E-state index contributed by atoms with van der Waals surface area (Å²) in [7, 11) is 3.27. The second-order valence-electron chi connectivity index (χ2n) is 5.21. The van der Waals surface area contributed by atoms with Crippen molar-refractivity contribution in [2.75, 3.05) is 30.6 Å². The molecule has 0 heterocycles. The third-order valence-electron chi connectivity index (χ3n) is 3.06. The Labute approximate surface area is 144 Å². The second-order valence-corrected chi connectivity index (χ2v) is 6.57. The van der Waals surface area contributed by atoms with Crippen molar-refractivity contribution in [1.82, 2.24) is 4.90 Å². The number of halogens is 3. The number of rotatable bonds is 5. The number of hydrogen-bond donors (Lipinski definition) is 2. The maximum atomic E-state index is 12.3. The maximum Gasteiger partial charge on any atom is 0.321 e. The molecule has 0 aromatic heterocycles. The van der Waals surface area contributed by atoms with Gasteiger partial charge in [0.2, 0.25) is 5.91 Å². The molecule has 0 aliphatic rings. The molecule has 0 aliphatic carbocycles. The van der Waals surface area contributed by atoms with Crippen LogP contribution < -0.4 is 10.6 Å². The van der Waals surface area contributed by atoms with Crippen LogP contribution in [0.1, 0.15) is 6.92 Å². The molecule has 8 heteroatoms. The number of anilines is 2. The molecule has 0 saturated heterocycles. The Bertz CT molecular complexity index is 552. The molecule has 1 rings (SSSR count). The molecule has 2 N–H and O–H groups in total. The monoisotopic (exact) mass is 365 g/mol. The molecule has 0 spiro atoms. The molecular weight excluding hydrogens is 349 g/mol. The van der Waals surface area contributed by atoms with E-state index >= 15 is 0 Å². The molecule has 1 aromatic carbocycles. The molecule has 0 fully saturated rings. The lowest BCUT2D eigenvalue weighted by atomic mass is 9.94. The van der Waals surface area contributed by atoms with Gasteiger partial charge < -0.3 is 15.5 Å². The van der Waals surface area contributed by atoms with Crippen molar-refractivity contribution in [1.29, 1.82) is 0 Å². The molecule has 1 aromatic rings. The van der Waals surface area contributed by atoms with E-state index in [2.05, 4.69) is 10.6 Å². The minimum Gasteiger partial charge on any atom is -0.331 e. The maximum absolute atomic E-state index is 12.3. The van der Waals surface area contributed by atoms with Gasteiger partial charge in [-0.3, -0.25) is 4.79 Å². The van der Waals surface area contributed by atoms with Crippen LogP contribution in [0.2, 0.25) is 0 Å². The van der Waals surface area contributed by atoms with Gasteiger partial charge in [0.15, 0.2) is 0 Å². The van der Waals surface area contributed by atoms with Gasteiger partial charge in [0.05, 0.1) is 5.41 Å². The Kier molecular flexibility index (Phi) is 6.78. The molecule has 0 aliphatic heterocycles. The van der Waals surface area contributed by atoms with Crippen LogP contribution in [0.3, 0.4) is 0 Å². The first-order valence-corrected chi connectivity index (χ1v) is 7.85. The SMILES string of the molecule is CN(C)C(=O)Nc1cccc(NC(=O)C(C)(CCl)C(Cl)Cl)c1. The Hall–Kier alpha value is -1.17. The van der Waals surface area contributed by atoms with E-state index in [1.165, 1.54) is 4.90 Å². The predicted molar refractivity (Wildman–Crippen MR) is 92.1 cm³/mol. The average Bonchev–Trinajstić information content (AvgIpc) is 2.46. The van der Waals surface area contributed by atoms with Crippen molar-refractivity contribution in [2.45, 2.75) is 11.8 Å². The highest BCUT2D eigenvalue weighted by Crippen LogP contribution is 2.32. The molecule has 1 unspecified atom stereocenters. The van der Waals surface area contributed by atoms with Crippen molar-refractivity contribution >= 4 is 58.1 Å². The number of nitrogens with zero attached hydrogens (tertiary/aromatic N) is 1. The fourth-order valence-electron chi connectivity index (χ4n) is 1.40. The molecule has 0 saturated carbocycles. The van der Waals surface area contributed by atoms with Crippen molar-refractivity contribution in [3.05, 3.63) is 24.3 Å². The topological polar surface area (TPSA) is 61.4 Å². The molecule has 122 valence electrons. The summed E-state index contributed by atoms with van der Waals surface area (Å²) in [4.78, 5) is 24.4. The quantitative estimate of drug-likeness (QED) is 0.779. The lowest BCUT2D eigenvalue weighted by molar-refractivity contribution is -0.123. The number of alkyl halides is 3. The first-order valence-electron chi connectivity index (χ1n) is 6.44. The molecule has 22 heavy (non-hydrogen) atoms. The molecule has 5 nitrogen and oxygen atoms in total. The van der Waals surface area contributed by atoms with Crippen molar-refractivity contribution in [3.8, 4) is 0 Å². The van der Waals surface area contributed by atoms with Crippen LogP contribution in [0.15, 0.2) is 24.3 Å². The first-order chi connectivity index (χ1) is 10.2. The van der Waals surface area contributed by atoms with Crippen molar-refractivity contribution < 1.29 is 9.59 Å². The van der Waals surface area contributed by atoms with Crippen LogP contribution in [-0.4, -0.2) is 41.6 Å². The fraction of sp³-hybridized carbons (Fsp3) is 0.429. The standard InChI is InChI=1S/C14H18Cl3N3O2/c1-14(8-15,11(16)17)12(21)18-9-5-4-6-10(7-9)19-13(22)20(2)3/h4-7,11H,8H2,1-3H3,(H,18,21)(H,19,22). The van der Waals surface area contributed by atoms with E-state index in [1.54, 1.807) is 45.3 Å². The van der Waals surface area contributed by atoms with Crippen LogP contribution in [0.25, 0.3) is 0 Å². The largest absolute Gasteiger partial charge is 0.331 e. The number of urea groups is 1. The van der Waals surface area contributed by atoms with Crippen LogP contribution in [0, 0.1) is 5.41 Å². The van der Waals surface area contributed by atoms with Crippen molar-refractivity contribution in [2.24, 2.45) is 5.41 Å². The van der Waals surface area contributed by atoms with E-state index in [0.717, 1.165) is 0 Å². The van der Waals surface area contributed by atoms with Crippen LogP contribution in [0.5, 0.6) is 0 Å². The zero-order valence-corrected chi connectivity index (χ0v) is 14.8. The third kappa shape index (κ3) is 4.66. The van der Waals surface area contributed by atoms with Crippen LogP contribution in [-0.2, 0) is 4.79 Å². The Balaban J connectivity index is 2.87. The summed E-state index contributed by atoms with van der Waals surface area (Å²) >= 11 is 17.5. The Morgan fingerprint density at radius 1 is 1.23 bits per heavy atom. The molecule has 0 bridgehead atoms. The number of amides is 3. The van der Waals surface area contributed by atoms with E-state index in [1.807, 2.05) is 0 Å². The van der Waals surface area contributed by atoms with Gasteiger partial charge in [-0.25, -0.2) is 4.79 Å². The van der Waals surface area contributed by atoms with E-state index in [0.29, 0.717) is 11.4 Å². The van der Waals surface area contributed by atoms with E-state index < -0.39 is 16.2 Å². The van der Waals surface area contributed by atoms with Gasteiger partial charge in [-0.05, 0) is 25.1 Å². The molecular formula is C14H18Cl3N3O2. The Morgan fingerprint density at radius 3 is 2.23 bits per heavy atom. The second kappa shape index (κ2) is 7.90. The highest BCUT2D eigenvalue weighted by atomic mass is 35.5. The number of nitrogens with one attached hydrogen (secondary N) is 2. The first kappa shape index (κ1) is 18.9. The lowest BCUT2D eigenvalue weighted by Crippen LogP contribution is -2.40. The summed E-state index contributed by atoms with van der Waals surface area (Å²) in [5.41, 5.74) is -0.0580. The number of hydrogen-bond acceptors (Lipinski definition) is 2. The predicted octanol–water partition coefficient (Wildman–Crippen LogP) is 3.77. The lowest BCUT2D eigenvalue weighted by Gasteiger charge is -2.27. The van der Waals surface area contributed by atoms with Gasteiger partial charge in [-0.1, -0.05) is 6.07 Å². The summed E-state index contributed by atoms with van der Waals surface area (Å²) in [6.07, 6.45) is 0. The zero-order chi connectivity index (χ0) is 16.9. The van der Waals surface area contributed by atoms with Crippen molar-refractivity contribution in [3.63, 3.8) is 0 Å². The van der Waals surface area contributed by atoms with Crippen LogP contribution in [0.4, 0.5) is 16.2 Å². The zero-order valence-electron chi connectivity index (χ0n) is 12.5. The third-order valence-corrected chi connectivity index (χ3v) is 4.57. The number of carbonyl (C=O) groups is 2. The van der Waals surface area contributed by atoms with E-state index in [4.69, 9.17) is 34.8 Å². The molecule has 0 radical (unpaired) electrons. The summed E-state index contributed by atoms with van der Waals surface area (Å²) in [6.45, 7) is 1.58. The van der Waals surface area contributed by atoms with Gasteiger partial charge in [0.1, 0.15) is 4.84 Å². The normalized spacial score (nSPS) is 13.4. The highest BCUT2D eigenvalue weighted by molar-refractivity contribution is 6.46. The summed E-state index contributed by atoms with van der Waals surface area (Å²) < 4.78 is 0. The van der Waals surface area contributed by atoms with E-state index in [9.17, 15) is 9.59 Å². The number of carbonyl (C=O) groups excluding carboxylic acids is 2. The van der Waals surface area contributed by atoms with Gasteiger partial charge >= 0.3 is 6.03 Å². The highest BCUT2D eigenvalue weighted by Gasteiger charge is 2.39. The van der Waals surface area contributed by atoms with E-state index in [-0.39, 0.29) is 11.9 Å². The fourth-order valence-corrected chi connectivity index (χ4v) is 2.19. The summed E-state index contributed by atoms with van der Waals surface area (Å²) in [6, 6.07) is 6.47. The number of benzene rings is 1. The summed E-state index contributed by atoms with van der Waals surface area (Å²) in [5.74, 6) is -0.415. The Morgan fingerprint density at radius 2 is 1.77 bits per heavy atom. The summed E-state index contributed by atoms with van der Waals surface area (Å²) in [5, 5.41) is 5.39. The minimum absolute atomic E-state index is 0.0203. The van der Waals surface area contributed by atoms with Crippen LogP contribution >= 0.6 is 34.8 Å². The van der Waals surface area contributed by atoms with Gasteiger partial charge in [-0.15, -0.1) is 34.8 Å². The minimum atomic E-state index is -1.12. The van der Waals surface area contributed by atoms with Gasteiger partial charge in [-0.2, -0.15) is 0 Å². The average molecular weight is 367 g/mol. The molecule has 1 atom stereocenters. The smallest absolute Gasteiger partial charge is 0.321 e. The van der Waals surface area contributed by atoms with Gasteiger partial charge in [0.25, 0.3) is 0 Å². The van der Waals surface area contributed by atoms with Gasteiger partial charge in [0, 0.05) is 31.4 Å².